The second kappa shape index (κ2) is 13.4. The quantitative estimate of drug-likeness (QED) is 0.312. The number of carbonyl (C=O) groups is 1. The average molecular weight is 416 g/mol. The maximum absolute atomic E-state index is 11.4. The highest BCUT2D eigenvalue weighted by molar-refractivity contribution is 5.75. The fourth-order valence-corrected chi connectivity index (χ4v) is 4.06. The second-order valence-electron chi connectivity index (χ2n) is 8.14. The Hall–Kier alpha value is -1.95. The van der Waals surface area contributed by atoms with E-state index in [1.165, 1.54) is 5.56 Å². The predicted molar refractivity (Wildman–Crippen MR) is 120 cm³/mol. The van der Waals surface area contributed by atoms with E-state index in [1.807, 2.05) is 55.5 Å². The largest absolute Gasteiger partial charge is 0.393 e. The first-order valence-electron chi connectivity index (χ1n) is 11.2. The molecule has 1 amide bonds. The van der Waals surface area contributed by atoms with E-state index in [2.05, 4.69) is 5.32 Å². The lowest BCUT2D eigenvalue weighted by atomic mass is 9.89. The molecule has 0 radical (unpaired) electrons. The van der Waals surface area contributed by atoms with Crippen LogP contribution in [0.15, 0.2) is 54.6 Å². The minimum absolute atomic E-state index is 0.0581. The molecule has 1 saturated carbocycles. The normalized spacial score (nSPS) is 25.2. The number of amides is 1. The van der Waals surface area contributed by atoms with Crippen molar-refractivity contribution in [1.82, 2.24) is 5.32 Å². The summed E-state index contributed by atoms with van der Waals surface area (Å²) in [4.78, 5) is 11.4. The molecule has 5 heteroatoms. The first-order valence-corrected chi connectivity index (χ1v) is 11.2. The van der Waals surface area contributed by atoms with Gasteiger partial charge < -0.3 is 20.6 Å². The van der Waals surface area contributed by atoms with Gasteiger partial charge >= 0.3 is 0 Å². The van der Waals surface area contributed by atoms with Crippen LogP contribution in [0, 0.1) is 11.8 Å². The maximum Gasteiger partial charge on any atom is 0.219 e. The van der Waals surface area contributed by atoms with Crippen LogP contribution in [-0.4, -0.2) is 46.1 Å². The fraction of sp³-hybridized carbons (Fsp3) is 0.560. The summed E-state index contributed by atoms with van der Waals surface area (Å²) in [6.45, 7) is 2.57. The highest BCUT2D eigenvalue weighted by Gasteiger charge is 2.39. The highest BCUT2D eigenvalue weighted by atomic mass is 16.3. The Balaban J connectivity index is 1.78. The third kappa shape index (κ3) is 8.42. The Morgan fingerprint density at radius 3 is 2.70 bits per heavy atom. The minimum atomic E-state index is -0.589. The molecule has 30 heavy (non-hydrogen) atoms. The van der Waals surface area contributed by atoms with Crippen molar-refractivity contribution in [2.45, 2.75) is 70.2 Å². The number of aliphatic hydroxyl groups is 3. The zero-order valence-corrected chi connectivity index (χ0v) is 18.0. The molecule has 0 aliphatic heterocycles. The molecule has 1 aromatic carbocycles. The van der Waals surface area contributed by atoms with E-state index in [-0.39, 0.29) is 17.7 Å². The molecule has 0 heterocycles. The van der Waals surface area contributed by atoms with Crippen molar-refractivity contribution >= 4 is 5.91 Å². The zero-order chi connectivity index (χ0) is 21.8. The van der Waals surface area contributed by atoms with Gasteiger partial charge in [0.05, 0.1) is 18.3 Å². The molecule has 1 aliphatic carbocycles. The van der Waals surface area contributed by atoms with Gasteiger partial charge in [-0.2, -0.15) is 0 Å². The van der Waals surface area contributed by atoms with Gasteiger partial charge in [0.2, 0.25) is 5.91 Å². The molecule has 1 aromatic rings. The molecule has 0 saturated heterocycles. The Morgan fingerprint density at radius 2 is 1.97 bits per heavy atom. The highest BCUT2D eigenvalue weighted by Crippen LogP contribution is 2.36. The van der Waals surface area contributed by atoms with Crippen LogP contribution in [0.4, 0.5) is 0 Å². The van der Waals surface area contributed by atoms with Gasteiger partial charge in [0, 0.05) is 25.3 Å². The molecule has 5 atom stereocenters. The molecule has 4 unspecified atom stereocenters. The molecule has 4 N–H and O–H groups in total. The summed E-state index contributed by atoms with van der Waals surface area (Å²) in [7, 11) is 0. The van der Waals surface area contributed by atoms with E-state index >= 15 is 0 Å². The number of allylic oxidation sites excluding steroid dienone is 2. The van der Waals surface area contributed by atoms with Crippen LogP contribution in [0.2, 0.25) is 0 Å². The van der Waals surface area contributed by atoms with Crippen molar-refractivity contribution in [2.24, 2.45) is 11.8 Å². The van der Waals surface area contributed by atoms with Gasteiger partial charge in [-0.3, -0.25) is 4.79 Å². The number of aliphatic hydroxyl groups excluding tert-OH is 3. The van der Waals surface area contributed by atoms with Crippen molar-refractivity contribution in [1.29, 1.82) is 0 Å². The molecule has 166 valence electrons. The topological polar surface area (TPSA) is 89.8 Å². The second-order valence-corrected chi connectivity index (χ2v) is 8.14. The van der Waals surface area contributed by atoms with Gasteiger partial charge in [-0.15, -0.1) is 0 Å². The standard InChI is InChI=1S/C25H37NO4/c1-2-26-25(30)13-9-4-3-8-12-21-22(24(29)18-23(21)28)17-16-20(27)15-14-19-10-6-5-7-11-19/h3,5-8,10-11,16-17,20-24,27-29H,2,4,9,12-15,18H2,1H3,(H,26,30)/b8-3-,17-16+/t20?,21?,22-,23?,24?/m1/s1. The van der Waals surface area contributed by atoms with Crippen molar-refractivity contribution < 1.29 is 20.1 Å². The lowest BCUT2D eigenvalue weighted by molar-refractivity contribution is -0.121. The molecule has 1 fully saturated rings. The number of hydrogen-bond acceptors (Lipinski definition) is 4. The monoisotopic (exact) mass is 415 g/mol. The average Bonchev–Trinajstić information content (AvgIpc) is 3.00. The summed E-state index contributed by atoms with van der Waals surface area (Å²) in [5.74, 6) is -0.139. The number of nitrogens with one attached hydrogen (secondary N) is 1. The van der Waals surface area contributed by atoms with Gasteiger partial charge in [0.1, 0.15) is 0 Å². The molecule has 1 aliphatic rings. The van der Waals surface area contributed by atoms with Crippen LogP contribution in [-0.2, 0) is 11.2 Å². The molecule has 0 spiro atoms. The number of aryl methyl sites for hydroxylation is 1. The van der Waals surface area contributed by atoms with Crippen LogP contribution in [0.1, 0.15) is 51.0 Å². The molecular formula is C25H37NO4. The lowest BCUT2D eigenvalue weighted by Crippen LogP contribution is -2.21. The Morgan fingerprint density at radius 1 is 1.20 bits per heavy atom. The van der Waals surface area contributed by atoms with E-state index in [4.69, 9.17) is 0 Å². The van der Waals surface area contributed by atoms with E-state index in [1.54, 1.807) is 6.08 Å². The van der Waals surface area contributed by atoms with Crippen molar-refractivity contribution in [2.75, 3.05) is 6.54 Å². The molecule has 5 nitrogen and oxygen atoms in total. The summed E-state index contributed by atoms with van der Waals surface area (Å²) >= 11 is 0. The van der Waals surface area contributed by atoms with Crippen LogP contribution < -0.4 is 5.32 Å². The van der Waals surface area contributed by atoms with Crippen LogP contribution in [0.25, 0.3) is 0 Å². The summed E-state index contributed by atoms with van der Waals surface area (Å²) in [5, 5.41) is 33.8. The Labute approximate surface area is 180 Å². The van der Waals surface area contributed by atoms with E-state index in [9.17, 15) is 20.1 Å². The van der Waals surface area contributed by atoms with Gasteiger partial charge in [-0.1, -0.05) is 54.6 Å². The third-order valence-electron chi connectivity index (χ3n) is 5.77. The molecular weight excluding hydrogens is 378 g/mol. The van der Waals surface area contributed by atoms with Crippen LogP contribution in [0.5, 0.6) is 0 Å². The minimum Gasteiger partial charge on any atom is -0.393 e. The molecule has 0 aromatic heterocycles. The smallest absolute Gasteiger partial charge is 0.219 e. The van der Waals surface area contributed by atoms with Crippen molar-refractivity contribution in [3.8, 4) is 0 Å². The lowest BCUT2D eigenvalue weighted by Gasteiger charge is -2.19. The van der Waals surface area contributed by atoms with Crippen LogP contribution >= 0.6 is 0 Å². The van der Waals surface area contributed by atoms with E-state index in [0.29, 0.717) is 32.2 Å². The summed E-state index contributed by atoms with van der Waals surface area (Å²) < 4.78 is 0. The van der Waals surface area contributed by atoms with E-state index in [0.717, 1.165) is 19.3 Å². The summed E-state index contributed by atoms with van der Waals surface area (Å²) in [6.07, 6.45) is 10.6. The molecule has 0 bridgehead atoms. The SMILES string of the molecule is CCNC(=O)CCC/C=C\CC1C(O)CC(O)[C@@H]1/C=C/C(O)CCc1ccccc1. The fourth-order valence-electron chi connectivity index (χ4n) is 4.06. The number of unbranched alkanes of at least 4 members (excludes halogenated alkanes) is 1. The summed E-state index contributed by atoms with van der Waals surface area (Å²) in [6, 6.07) is 10.1. The van der Waals surface area contributed by atoms with Gasteiger partial charge in [-0.05, 0) is 50.5 Å². The third-order valence-corrected chi connectivity index (χ3v) is 5.77. The van der Waals surface area contributed by atoms with Gasteiger partial charge in [0.25, 0.3) is 0 Å². The first-order chi connectivity index (χ1) is 14.5. The van der Waals surface area contributed by atoms with Crippen molar-refractivity contribution in [3.63, 3.8) is 0 Å². The maximum atomic E-state index is 11.4. The Kier molecular flexibility index (Phi) is 10.8. The number of carbonyl (C=O) groups excluding carboxylic acids is 1. The predicted octanol–water partition coefficient (Wildman–Crippen LogP) is 3.15. The summed E-state index contributed by atoms with van der Waals surface area (Å²) in [5.41, 5.74) is 1.19. The number of hydrogen-bond donors (Lipinski definition) is 4. The van der Waals surface area contributed by atoms with Gasteiger partial charge in [0.15, 0.2) is 0 Å². The van der Waals surface area contributed by atoms with Crippen LogP contribution in [0.3, 0.4) is 0 Å². The first kappa shape index (κ1) is 24.3. The van der Waals surface area contributed by atoms with Gasteiger partial charge in [-0.25, -0.2) is 0 Å². The molecule has 2 rings (SSSR count). The Bertz CT molecular complexity index is 673. The zero-order valence-electron chi connectivity index (χ0n) is 18.0. The number of rotatable bonds is 12. The van der Waals surface area contributed by atoms with E-state index < -0.39 is 18.3 Å². The van der Waals surface area contributed by atoms with Crippen molar-refractivity contribution in [3.05, 3.63) is 60.2 Å². The number of benzene rings is 1.